The fourth-order valence-corrected chi connectivity index (χ4v) is 3.57. The summed E-state index contributed by atoms with van der Waals surface area (Å²) in [5.74, 6) is 0.305. The molecular formula is C19H26FN3O2. The van der Waals surface area contributed by atoms with Crippen molar-refractivity contribution in [1.82, 2.24) is 14.7 Å². The van der Waals surface area contributed by atoms with Crippen LogP contribution >= 0.6 is 0 Å². The molecule has 0 unspecified atom stereocenters. The van der Waals surface area contributed by atoms with Gasteiger partial charge in [0.15, 0.2) is 0 Å². The Labute approximate surface area is 148 Å². The highest BCUT2D eigenvalue weighted by atomic mass is 19.1. The van der Waals surface area contributed by atoms with E-state index in [1.165, 1.54) is 12.1 Å². The van der Waals surface area contributed by atoms with E-state index in [9.17, 15) is 9.50 Å². The van der Waals surface area contributed by atoms with E-state index in [4.69, 9.17) is 4.74 Å². The monoisotopic (exact) mass is 347 g/mol. The quantitative estimate of drug-likeness (QED) is 0.873. The van der Waals surface area contributed by atoms with Gasteiger partial charge in [-0.05, 0) is 63.6 Å². The summed E-state index contributed by atoms with van der Waals surface area (Å²) in [4.78, 5) is 2.17. The van der Waals surface area contributed by atoms with Gasteiger partial charge < -0.3 is 9.84 Å². The fourth-order valence-electron chi connectivity index (χ4n) is 3.57. The maximum atomic E-state index is 13.0. The molecule has 0 aliphatic heterocycles. The lowest BCUT2D eigenvalue weighted by atomic mass is 9.89. The molecule has 1 aromatic carbocycles. The van der Waals surface area contributed by atoms with Gasteiger partial charge in [-0.15, -0.1) is 0 Å². The molecule has 0 spiro atoms. The smallest absolute Gasteiger partial charge is 0.126 e. The van der Waals surface area contributed by atoms with Crippen LogP contribution in [0.4, 0.5) is 4.39 Å². The van der Waals surface area contributed by atoms with Crippen LogP contribution in [0.1, 0.15) is 31.9 Å². The third-order valence-corrected chi connectivity index (χ3v) is 4.95. The van der Waals surface area contributed by atoms with Crippen LogP contribution in [0.3, 0.4) is 0 Å². The largest absolute Gasteiger partial charge is 0.488 e. The van der Waals surface area contributed by atoms with Crippen LogP contribution in [0.5, 0.6) is 5.75 Å². The van der Waals surface area contributed by atoms with Crippen molar-refractivity contribution in [2.75, 3.05) is 7.05 Å². The van der Waals surface area contributed by atoms with Gasteiger partial charge in [-0.1, -0.05) is 0 Å². The van der Waals surface area contributed by atoms with Crippen LogP contribution in [0.15, 0.2) is 36.5 Å². The Morgan fingerprint density at radius 2 is 2.04 bits per heavy atom. The maximum Gasteiger partial charge on any atom is 0.126 e. The second-order valence-electron chi connectivity index (χ2n) is 6.65. The number of ether oxygens (including phenoxy) is 1. The first-order valence-electron chi connectivity index (χ1n) is 8.89. The Kier molecular flexibility index (Phi) is 5.71. The van der Waals surface area contributed by atoms with Crippen molar-refractivity contribution in [2.24, 2.45) is 0 Å². The number of hydrogen-bond donors (Lipinski definition) is 1. The minimum absolute atomic E-state index is 0.0272. The molecule has 1 saturated carbocycles. The van der Waals surface area contributed by atoms with E-state index in [1.807, 2.05) is 24.0 Å². The maximum absolute atomic E-state index is 13.0. The fraction of sp³-hybridized carbons (Fsp3) is 0.526. The summed E-state index contributed by atoms with van der Waals surface area (Å²) in [6.07, 6.45) is 3.68. The summed E-state index contributed by atoms with van der Waals surface area (Å²) in [7, 11) is 2.03. The van der Waals surface area contributed by atoms with Crippen LogP contribution in [0.2, 0.25) is 0 Å². The first-order valence-corrected chi connectivity index (χ1v) is 8.89. The van der Waals surface area contributed by atoms with Crippen molar-refractivity contribution in [3.63, 3.8) is 0 Å². The molecule has 3 atom stereocenters. The molecule has 1 fully saturated rings. The molecule has 5 nitrogen and oxygen atoms in total. The van der Waals surface area contributed by atoms with Gasteiger partial charge >= 0.3 is 0 Å². The topological polar surface area (TPSA) is 50.5 Å². The molecule has 0 amide bonds. The lowest BCUT2D eigenvalue weighted by molar-refractivity contribution is -0.0496. The van der Waals surface area contributed by atoms with Gasteiger partial charge in [0.25, 0.3) is 0 Å². The van der Waals surface area contributed by atoms with Crippen molar-refractivity contribution in [3.8, 4) is 5.75 Å². The molecular weight excluding hydrogens is 321 g/mol. The lowest BCUT2D eigenvalue weighted by Crippen LogP contribution is -2.51. The second kappa shape index (κ2) is 7.97. The van der Waals surface area contributed by atoms with Crippen molar-refractivity contribution in [2.45, 2.75) is 57.5 Å². The van der Waals surface area contributed by atoms with Crippen LogP contribution in [-0.2, 0) is 13.1 Å². The molecule has 1 aliphatic rings. The SMILES string of the molecule is CCn1nccc1CN(C)[C@H]1CCC[C@@H](Oc2ccc(F)cc2)[C@@H]1O. The van der Waals surface area contributed by atoms with Gasteiger partial charge in [-0.25, -0.2) is 4.39 Å². The van der Waals surface area contributed by atoms with Crippen molar-refractivity contribution < 1.29 is 14.2 Å². The standard InChI is InChI=1S/C19H26FN3O2/c1-3-23-15(11-12-21-23)13-22(2)17-5-4-6-18(19(17)24)25-16-9-7-14(20)8-10-16/h7-12,17-19,24H,3-6,13H2,1-2H3/t17-,18+,19+/m0/s1. The Morgan fingerprint density at radius 3 is 2.76 bits per heavy atom. The summed E-state index contributed by atoms with van der Waals surface area (Å²) in [6, 6.07) is 8.01. The molecule has 0 saturated heterocycles. The summed E-state index contributed by atoms with van der Waals surface area (Å²) < 4.78 is 20.9. The van der Waals surface area contributed by atoms with Gasteiger partial charge in [-0.3, -0.25) is 9.58 Å². The van der Waals surface area contributed by atoms with Gasteiger partial charge in [0.05, 0.1) is 5.69 Å². The van der Waals surface area contributed by atoms with Gasteiger partial charge in [0.1, 0.15) is 23.8 Å². The van der Waals surface area contributed by atoms with E-state index >= 15 is 0 Å². The number of aromatic nitrogens is 2. The molecule has 0 bridgehead atoms. The Bertz CT molecular complexity index is 674. The average Bonchev–Trinajstić information content (AvgIpc) is 3.05. The van der Waals surface area contributed by atoms with Gasteiger partial charge in [0, 0.05) is 25.3 Å². The number of hydrogen-bond acceptors (Lipinski definition) is 4. The number of aryl methyl sites for hydroxylation is 1. The van der Waals surface area contributed by atoms with Crippen molar-refractivity contribution >= 4 is 0 Å². The highest BCUT2D eigenvalue weighted by molar-refractivity contribution is 5.22. The number of halogens is 1. The number of aliphatic hydroxyl groups is 1. The third-order valence-electron chi connectivity index (χ3n) is 4.95. The zero-order chi connectivity index (χ0) is 17.8. The molecule has 6 heteroatoms. The minimum atomic E-state index is -0.582. The Hall–Kier alpha value is -1.92. The minimum Gasteiger partial charge on any atom is -0.488 e. The molecule has 136 valence electrons. The molecule has 1 N–H and O–H groups in total. The number of rotatable bonds is 6. The molecule has 1 aliphatic carbocycles. The Morgan fingerprint density at radius 1 is 1.28 bits per heavy atom. The number of benzene rings is 1. The molecule has 3 rings (SSSR count). The number of nitrogens with zero attached hydrogens (tertiary/aromatic N) is 3. The van der Waals surface area contributed by atoms with E-state index in [0.29, 0.717) is 5.75 Å². The molecule has 1 aromatic heterocycles. The predicted octanol–water partition coefficient (Wildman–Crippen LogP) is 2.83. The van der Waals surface area contributed by atoms with Crippen LogP contribution in [0.25, 0.3) is 0 Å². The predicted molar refractivity (Wildman–Crippen MR) is 93.8 cm³/mol. The molecule has 1 heterocycles. The average molecular weight is 347 g/mol. The third kappa shape index (κ3) is 4.19. The number of likely N-dealkylation sites (N-methyl/N-ethyl adjacent to an activating group) is 1. The normalized spacial score (nSPS) is 23.8. The van der Waals surface area contributed by atoms with E-state index in [-0.39, 0.29) is 18.0 Å². The summed E-state index contributed by atoms with van der Waals surface area (Å²) in [5, 5.41) is 15.1. The first kappa shape index (κ1) is 17.9. The van der Waals surface area contributed by atoms with Crippen LogP contribution < -0.4 is 4.74 Å². The number of aliphatic hydroxyl groups excluding tert-OH is 1. The highest BCUT2D eigenvalue weighted by Gasteiger charge is 2.35. The molecule has 25 heavy (non-hydrogen) atoms. The van der Waals surface area contributed by atoms with Gasteiger partial charge in [-0.2, -0.15) is 5.10 Å². The molecule has 0 radical (unpaired) electrons. The van der Waals surface area contributed by atoms with Crippen molar-refractivity contribution in [1.29, 1.82) is 0 Å². The lowest BCUT2D eigenvalue weighted by Gasteiger charge is -2.39. The Balaban J connectivity index is 1.64. The zero-order valence-electron chi connectivity index (χ0n) is 14.8. The van der Waals surface area contributed by atoms with Gasteiger partial charge in [0.2, 0.25) is 0 Å². The highest BCUT2D eigenvalue weighted by Crippen LogP contribution is 2.27. The van der Waals surface area contributed by atoms with E-state index < -0.39 is 6.10 Å². The van der Waals surface area contributed by atoms with E-state index in [2.05, 4.69) is 16.9 Å². The summed E-state index contributed by atoms with van der Waals surface area (Å²) in [6.45, 7) is 3.64. The molecule has 2 aromatic rings. The van der Waals surface area contributed by atoms with Crippen molar-refractivity contribution in [3.05, 3.63) is 48.0 Å². The zero-order valence-corrected chi connectivity index (χ0v) is 14.8. The van der Waals surface area contributed by atoms with E-state index in [1.54, 1.807) is 12.1 Å². The van der Waals surface area contributed by atoms with Crippen LogP contribution in [-0.4, -0.2) is 45.1 Å². The first-order chi connectivity index (χ1) is 12.1. The summed E-state index contributed by atoms with van der Waals surface area (Å²) >= 11 is 0. The van der Waals surface area contributed by atoms with Crippen LogP contribution in [0, 0.1) is 5.82 Å². The summed E-state index contributed by atoms with van der Waals surface area (Å²) in [5.41, 5.74) is 1.14. The second-order valence-corrected chi connectivity index (χ2v) is 6.65. The van der Waals surface area contributed by atoms with E-state index in [0.717, 1.165) is 38.0 Å².